The van der Waals surface area contributed by atoms with Gasteiger partial charge >= 0.3 is 0 Å². The highest BCUT2D eigenvalue weighted by Gasteiger charge is 2.26. The van der Waals surface area contributed by atoms with E-state index in [2.05, 4.69) is 16.4 Å². The lowest BCUT2D eigenvalue weighted by molar-refractivity contribution is 0.0944. The van der Waals surface area contributed by atoms with Crippen molar-refractivity contribution in [2.24, 2.45) is 7.05 Å². The Kier molecular flexibility index (Phi) is 4.88. The number of methoxy groups -OCH3 is 1. The topological polar surface area (TPSA) is 56.1 Å². The van der Waals surface area contributed by atoms with Gasteiger partial charge in [0.1, 0.15) is 17.6 Å². The molecule has 2 aromatic heterocycles. The molecule has 0 radical (unpaired) electrons. The number of nitrogens with one attached hydrogen (secondary N) is 1. The molecule has 0 aliphatic carbocycles. The van der Waals surface area contributed by atoms with Crippen molar-refractivity contribution in [2.75, 3.05) is 7.11 Å². The van der Waals surface area contributed by atoms with Crippen LogP contribution in [-0.4, -0.2) is 22.6 Å². The van der Waals surface area contributed by atoms with Crippen LogP contribution in [0.25, 0.3) is 10.1 Å². The van der Waals surface area contributed by atoms with Gasteiger partial charge < -0.3 is 14.6 Å². The first-order chi connectivity index (χ1) is 13.6. The zero-order valence-corrected chi connectivity index (χ0v) is 16.8. The summed E-state index contributed by atoms with van der Waals surface area (Å²) in [5.41, 5.74) is 1.86. The van der Waals surface area contributed by atoms with Crippen LogP contribution in [0, 0.1) is 6.92 Å². The smallest absolute Gasteiger partial charge is 0.262 e. The van der Waals surface area contributed by atoms with Gasteiger partial charge in [-0.3, -0.25) is 4.79 Å². The fourth-order valence-corrected chi connectivity index (χ4v) is 4.54. The molecule has 1 unspecified atom stereocenters. The number of carbonyl (C=O) groups excluding carboxylic acids is 1. The molecule has 0 spiro atoms. The Balaban J connectivity index is 1.76. The normalized spacial score (nSPS) is 12.1. The van der Waals surface area contributed by atoms with Crippen LogP contribution >= 0.6 is 11.3 Å². The monoisotopic (exact) mass is 391 g/mol. The van der Waals surface area contributed by atoms with Crippen LogP contribution in [0.15, 0.2) is 60.9 Å². The molecule has 1 atom stereocenters. The Hall–Kier alpha value is -3.12. The van der Waals surface area contributed by atoms with E-state index in [-0.39, 0.29) is 5.91 Å². The average Bonchev–Trinajstić information content (AvgIpc) is 3.29. The Morgan fingerprint density at radius 1 is 1.18 bits per heavy atom. The number of ether oxygens (including phenoxy) is 1. The molecule has 0 saturated heterocycles. The number of hydrogen-bond acceptors (Lipinski definition) is 4. The molecule has 0 aliphatic rings. The van der Waals surface area contributed by atoms with Gasteiger partial charge in [0.2, 0.25) is 0 Å². The molecule has 0 fully saturated rings. The summed E-state index contributed by atoms with van der Waals surface area (Å²) in [5, 5.41) is 4.29. The third-order valence-corrected chi connectivity index (χ3v) is 6.16. The first-order valence-corrected chi connectivity index (χ1v) is 9.81. The molecular weight excluding hydrogens is 370 g/mol. The van der Waals surface area contributed by atoms with E-state index in [4.69, 9.17) is 4.74 Å². The maximum Gasteiger partial charge on any atom is 0.262 e. The fraction of sp³-hybridized carbons (Fsp3) is 0.182. The first kappa shape index (κ1) is 18.3. The zero-order chi connectivity index (χ0) is 19.7. The number of benzene rings is 2. The summed E-state index contributed by atoms with van der Waals surface area (Å²) in [5.74, 6) is 1.35. The molecule has 1 amide bonds. The van der Waals surface area contributed by atoms with Crippen molar-refractivity contribution in [3.8, 4) is 5.75 Å². The third kappa shape index (κ3) is 3.16. The van der Waals surface area contributed by atoms with Crippen LogP contribution in [0.1, 0.15) is 32.7 Å². The quantitative estimate of drug-likeness (QED) is 0.546. The van der Waals surface area contributed by atoms with Gasteiger partial charge in [-0.1, -0.05) is 36.4 Å². The number of imidazole rings is 1. The maximum absolute atomic E-state index is 13.2. The first-order valence-electron chi connectivity index (χ1n) is 8.99. The number of hydrogen-bond donors (Lipinski definition) is 1. The second-order valence-corrected chi connectivity index (χ2v) is 7.65. The highest BCUT2D eigenvalue weighted by Crippen LogP contribution is 2.33. The van der Waals surface area contributed by atoms with E-state index in [0.717, 1.165) is 31.9 Å². The van der Waals surface area contributed by atoms with Gasteiger partial charge in [0, 0.05) is 29.7 Å². The van der Waals surface area contributed by atoms with Gasteiger partial charge in [-0.25, -0.2) is 4.98 Å². The largest absolute Gasteiger partial charge is 0.496 e. The molecule has 0 aliphatic heterocycles. The summed E-state index contributed by atoms with van der Waals surface area (Å²) in [4.78, 5) is 18.4. The molecule has 5 nitrogen and oxygen atoms in total. The minimum atomic E-state index is -0.423. The molecule has 142 valence electrons. The minimum absolute atomic E-state index is 0.113. The predicted octanol–water partition coefficient (Wildman–Crippen LogP) is 4.47. The van der Waals surface area contributed by atoms with Crippen molar-refractivity contribution >= 4 is 27.3 Å². The molecule has 28 heavy (non-hydrogen) atoms. The van der Waals surface area contributed by atoms with Gasteiger partial charge in [-0.15, -0.1) is 11.3 Å². The van der Waals surface area contributed by atoms with E-state index >= 15 is 0 Å². The van der Waals surface area contributed by atoms with Crippen molar-refractivity contribution in [1.82, 2.24) is 14.9 Å². The summed E-state index contributed by atoms with van der Waals surface area (Å²) in [6, 6.07) is 15.3. The van der Waals surface area contributed by atoms with E-state index < -0.39 is 6.04 Å². The van der Waals surface area contributed by atoms with Crippen molar-refractivity contribution < 1.29 is 9.53 Å². The molecule has 0 bridgehead atoms. The van der Waals surface area contributed by atoms with E-state index in [1.165, 1.54) is 11.3 Å². The van der Waals surface area contributed by atoms with E-state index in [1.54, 1.807) is 13.3 Å². The Morgan fingerprint density at radius 2 is 1.93 bits per heavy atom. The van der Waals surface area contributed by atoms with Crippen molar-refractivity contribution in [2.45, 2.75) is 13.0 Å². The molecule has 6 heteroatoms. The minimum Gasteiger partial charge on any atom is -0.496 e. The molecule has 4 aromatic rings. The van der Waals surface area contributed by atoms with Gasteiger partial charge in [0.15, 0.2) is 0 Å². The number of nitrogens with zero attached hydrogens (tertiary/aromatic N) is 2. The Bertz CT molecular complexity index is 1150. The number of rotatable bonds is 5. The van der Waals surface area contributed by atoms with Gasteiger partial charge in [-0.05, 0) is 30.0 Å². The third-order valence-electron chi connectivity index (χ3n) is 4.89. The van der Waals surface area contributed by atoms with Crippen LogP contribution in [-0.2, 0) is 7.05 Å². The number of para-hydroxylation sites is 1. The SMILES string of the molecule is COc1ccccc1C(NC(=O)c1sc2ccccc2c1C)c1nccn1C. The second kappa shape index (κ2) is 7.48. The number of aromatic nitrogens is 2. The zero-order valence-electron chi connectivity index (χ0n) is 16.0. The maximum atomic E-state index is 13.2. The molecule has 4 rings (SSSR count). The summed E-state index contributed by atoms with van der Waals surface area (Å²) in [7, 11) is 3.55. The Morgan fingerprint density at radius 3 is 2.64 bits per heavy atom. The summed E-state index contributed by atoms with van der Waals surface area (Å²) < 4.78 is 8.56. The Labute approximate surface area is 167 Å². The molecule has 2 heterocycles. The highest BCUT2D eigenvalue weighted by molar-refractivity contribution is 7.21. The number of amides is 1. The van der Waals surface area contributed by atoms with Crippen molar-refractivity contribution in [3.63, 3.8) is 0 Å². The van der Waals surface area contributed by atoms with Crippen LogP contribution in [0.5, 0.6) is 5.75 Å². The van der Waals surface area contributed by atoms with Crippen LogP contribution in [0.2, 0.25) is 0 Å². The summed E-state index contributed by atoms with van der Waals surface area (Å²) in [6.07, 6.45) is 3.60. The molecular formula is C22H21N3O2S. The van der Waals surface area contributed by atoms with Gasteiger partial charge in [0.05, 0.1) is 12.0 Å². The lowest BCUT2D eigenvalue weighted by Crippen LogP contribution is -2.31. The molecule has 1 N–H and O–H groups in total. The lowest BCUT2D eigenvalue weighted by Gasteiger charge is -2.21. The fourth-order valence-electron chi connectivity index (χ4n) is 3.43. The average molecular weight is 391 g/mol. The van der Waals surface area contributed by atoms with Crippen LogP contribution in [0.3, 0.4) is 0 Å². The highest BCUT2D eigenvalue weighted by atomic mass is 32.1. The number of thiophene rings is 1. The lowest BCUT2D eigenvalue weighted by atomic mass is 10.0. The van der Waals surface area contributed by atoms with Crippen LogP contribution in [0.4, 0.5) is 0 Å². The molecule has 2 aromatic carbocycles. The van der Waals surface area contributed by atoms with Gasteiger partial charge in [-0.2, -0.15) is 0 Å². The number of carbonyl (C=O) groups is 1. The number of fused-ring (bicyclic) bond motifs is 1. The van der Waals surface area contributed by atoms with Gasteiger partial charge in [0.25, 0.3) is 5.91 Å². The number of aryl methyl sites for hydroxylation is 2. The van der Waals surface area contributed by atoms with E-state index in [1.807, 2.05) is 67.2 Å². The van der Waals surface area contributed by atoms with Crippen molar-refractivity contribution in [3.05, 3.63) is 82.8 Å². The predicted molar refractivity (Wildman–Crippen MR) is 112 cm³/mol. The standard InChI is InChI=1S/C22H21N3O2S/c1-14-15-8-5-7-11-18(15)28-20(14)22(26)24-19(21-23-12-13-25(21)2)16-9-4-6-10-17(16)27-3/h4-13,19H,1-3H3,(H,24,26). The van der Waals surface area contributed by atoms with Crippen LogP contribution < -0.4 is 10.1 Å². The summed E-state index contributed by atoms with van der Waals surface area (Å²) >= 11 is 1.51. The second-order valence-electron chi connectivity index (χ2n) is 6.60. The van der Waals surface area contributed by atoms with E-state index in [9.17, 15) is 4.79 Å². The van der Waals surface area contributed by atoms with Crippen molar-refractivity contribution in [1.29, 1.82) is 0 Å². The van der Waals surface area contributed by atoms with E-state index in [0.29, 0.717) is 5.75 Å². The summed E-state index contributed by atoms with van der Waals surface area (Å²) in [6.45, 7) is 1.99. The molecule has 0 saturated carbocycles.